The molecule has 0 aliphatic heterocycles. The van der Waals surface area contributed by atoms with Crippen molar-refractivity contribution in [3.63, 3.8) is 0 Å². The summed E-state index contributed by atoms with van der Waals surface area (Å²) in [5, 5.41) is 11.6. The molecule has 0 aromatic heterocycles. The maximum Gasteiger partial charge on any atom is 0.325 e. The highest BCUT2D eigenvalue weighted by atomic mass is 19.1. The first kappa shape index (κ1) is 29.8. The van der Waals surface area contributed by atoms with Crippen molar-refractivity contribution in [2.45, 2.75) is 57.5 Å². The molecule has 1 aromatic carbocycles. The molecule has 37 heavy (non-hydrogen) atoms. The number of carbonyl (C=O) groups excluding carboxylic acids is 2. The molecule has 1 amide bonds. The van der Waals surface area contributed by atoms with Crippen LogP contribution in [0, 0.1) is 22.0 Å². The van der Waals surface area contributed by atoms with Gasteiger partial charge < -0.3 is 19.6 Å². The van der Waals surface area contributed by atoms with E-state index in [2.05, 4.69) is 22.3 Å². The topological polar surface area (TPSA) is 117 Å². The molecule has 1 aliphatic rings. The van der Waals surface area contributed by atoms with Crippen LogP contribution in [-0.4, -0.2) is 49.5 Å². The largest absolute Gasteiger partial charge is 0.490 e. The number of amides is 1. The zero-order valence-corrected chi connectivity index (χ0v) is 21.1. The molecule has 9 nitrogen and oxygen atoms in total. The molecule has 0 heterocycles. The third kappa shape index (κ3) is 14.0. The summed E-state index contributed by atoms with van der Waals surface area (Å²) in [5.41, 5.74) is 0. The Morgan fingerprint density at radius 2 is 1.97 bits per heavy atom. The number of ether oxygens (including phenoxy) is 2. The van der Waals surface area contributed by atoms with E-state index in [9.17, 15) is 24.1 Å². The number of unbranched alkanes of at least 4 members (excludes halogenated alkanes) is 1. The second-order valence-corrected chi connectivity index (χ2v) is 8.89. The van der Waals surface area contributed by atoms with Crippen LogP contribution in [0.5, 0.6) is 5.75 Å². The van der Waals surface area contributed by atoms with Crippen LogP contribution in [0.3, 0.4) is 0 Å². The Balaban J connectivity index is 1.53. The fourth-order valence-electron chi connectivity index (χ4n) is 4.09. The second kappa shape index (κ2) is 17.9. The minimum Gasteiger partial charge on any atom is -0.490 e. The molecular weight excluding hydrogens is 483 g/mol. The van der Waals surface area contributed by atoms with E-state index in [4.69, 9.17) is 9.47 Å². The lowest BCUT2D eigenvalue weighted by Crippen LogP contribution is -2.30. The van der Waals surface area contributed by atoms with Gasteiger partial charge in [-0.1, -0.05) is 48.9 Å². The smallest absolute Gasteiger partial charge is 0.325 e. The summed E-state index contributed by atoms with van der Waals surface area (Å²) in [6, 6.07) is 9.22. The predicted molar refractivity (Wildman–Crippen MR) is 136 cm³/mol. The van der Waals surface area contributed by atoms with E-state index in [1.165, 1.54) is 0 Å². The van der Waals surface area contributed by atoms with E-state index in [1.54, 1.807) is 6.08 Å². The standard InChI is InChI=1S/C27H37FN2O7/c28-24(21-36-25-13-5-3-6-14-25)17-16-23-12-8-11-22(23)10-4-1-2-7-15-26(31)29-20-27(32)35-18-9-19-37-30(33)34/h1,3-6,13-14,16-17,22-24H,2,7-12,15,18-21H2,(H,29,31)/b4-1-,17-16+/t22-,23?,24?/m0/s1. The number of benzene rings is 1. The maximum absolute atomic E-state index is 14.2. The fourth-order valence-corrected chi connectivity index (χ4v) is 4.09. The monoisotopic (exact) mass is 520 g/mol. The first-order chi connectivity index (χ1) is 17.9. The Labute approximate surface area is 217 Å². The minimum absolute atomic E-state index is 0.00793. The minimum atomic E-state index is -1.14. The van der Waals surface area contributed by atoms with Crippen molar-refractivity contribution in [1.29, 1.82) is 0 Å². The molecule has 0 bridgehead atoms. The van der Waals surface area contributed by atoms with E-state index in [0.29, 0.717) is 30.4 Å². The number of hydrogen-bond donors (Lipinski definition) is 1. The number of nitrogens with zero attached hydrogens (tertiary/aromatic N) is 1. The average molecular weight is 521 g/mol. The number of carbonyl (C=O) groups is 2. The van der Waals surface area contributed by atoms with Crippen LogP contribution in [-0.2, 0) is 19.2 Å². The highest BCUT2D eigenvalue weighted by molar-refractivity contribution is 5.81. The van der Waals surface area contributed by atoms with Crippen LogP contribution in [0.15, 0.2) is 54.6 Å². The third-order valence-electron chi connectivity index (χ3n) is 6.00. The van der Waals surface area contributed by atoms with Gasteiger partial charge in [-0.05, 0) is 56.1 Å². The molecular formula is C27H37FN2O7. The van der Waals surface area contributed by atoms with Crippen molar-refractivity contribution in [1.82, 2.24) is 5.32 Å². The summed E-state index contributed by atoms with van der Waals surface area (Å²) < 4.78 is 24.5. The molecule has 0 saturated heterocycles. The van der Waals surface area contributed by atoms with Gasteiger partial charge in [-0.2, -0.15) is 0 Å². The molecule has 10 heteroatoms. The number of allylic oxidation sites excluding steroid dienone is 3. The summed E-state index contributed by atoms with van der Waals surface area (Å²) in [6.07, 6.45) is 12.9. The van der Waals surface area contributed by atoms with Crippen LogP contribution < -0.4 is 10.1 Å². The number of halogens is 1. The molecule has 1 saturated carbocycles. The molecule has 1 fully saturated rings. The lowest BCUT2D eigenvalue weighted by molar-refractivity contribution is -0.757. The van der Waals surface area contributed by atoms with E-state index < -0.39 is 17.2 Å². The number of para-hydroxylation sites is 1. The normalized spacial score (nSPS) is 18.1. The summed E-state index contributed by atoms with van der Waals surface area (Å²) in [5.74, 6) is 0.691. The van der Waals surface area contributed by atoms with Crippen LogP contribution >= 0.6 is 0 Å². The Morgan fingerprint density at radius 3 is 2.76 bits per heavy atom. The first-order valence-electron chi connectivity index (χ1n) is 12.8. The van der Waals surface area contributed by atoms with Crippen LogP contribution in [0.2, 0.25) is 0 Å². The molecule has 0 radical (unpaired) electrons. The lowest BCUT2D eigenvalue weighted by atomic mass is 9.92. The lowest BCUT2D eigenvalue weighted by Gasteiger charge is -2.14. The summed E-state index contributed by atoms with van der Waals surface area (Å²) in [6.45, 7) is -0.392. The summed E-state index contributed by atoms with van der Waals surface area (Å²) >= 11 is 0. The molecule has 3 atom stereocenters. The second-order valence-electron chi connectivity index (χ2n) is 8.89. The molecule has 2 rings (SSSR count). The Bertz CT molecular complexity index is 879. The Morgan fingerprint density at radius 1 is 1.16 bits per heavy atom. The van der Waals surface area contributed by atoms with E-state index >= 15 is 0 Å². The molecule has 1 N–H and O–H groups in total. The summed E-state index contributed by atoms with van der Waals surface area (Å²) in [4.78, 5) is 37.5. The molecule has 0 spiro atoms. The van der Waals surface area contributed by atoms with Gasteiger partial charge in [0.2, 0.25) is 5.91 Å². The van der Waals surface area contributed by atoms with E-state index in [0.717, 1.165) is 32.1 Å². The van der Waals surface area contributed by atoms with Crippen LogP contribution in [0.25, 0.3) is 0 Å². The number of nitrogens with one attached hydrogen (secondary N) is 1. The number of hydrogen-bond acceptors (Lipinski definition) is 7. The van der Waals surface area contributed by atoms with Gasteiger partial charge in [0.1, 0.15) is 18.9 Å². The quantitative estimate of drug-likeness (QED) is 0.0976. The highest BCUT2D eigenvalue weighted by Gasteiger charge is 2.24. The molecule has 1 aliphatic carbocycles. The maximum atomic E-state index is 14.2. The van der Waals surface area contributed by atoms with Gasteiger partial charge in [-0.15, -0.1) is 10.1 Å². The van der Waals surface area contributed by atoms with Crippen molar-refractivity contribution in [2.24, 2.45) is 11.8 Å². The SMILES string of the molecule is O=C(CCC/C=C\C[C@H]1CCCC1/C=C/C(F)COc1ccccc1)NCC(=O)OCCCO[N+](=O)[O-]. The Kier molecular flexibility index (Phi) is 14.4. The van der Waals surface area contributed by atoms with Crippen molar-refractivity contribution >= 4 is 11.9 Å². The van der Waals surface area contributed by atoms with Crippen molar-refractivity contribution < 1.29 is 33.4 Å². The summed E-state index contributed by atoms with van der Waals surface area (Å²) in [7, 11) is 0. The van der Waals surface area contributed by atoms with Gasteiger partial charge in [0, 0.05) is 12.8 Å². The van der Waals surface area contributed by atoms with Gasteiger partial charge in [0.05, 0.1) is 13.2 Å². The third-order valence-corrected chi connectivity index (χ3v) is 6.00. The number of rotatable bonds is 18. The van der Waals surface area contributed by atoms with Crippen LogP contribution in [0.4, 0.5) is 4.39 Å². The van der Waals surface area contributed by atoms with Crippen molar-refractivity contribution in [3.05, 3.63) is 64.8 Å². The number of esters is 1. The zero-order chi connectivity index (χ0) is 26.7. The zero-order valence-electron chi connectivity index (χ0n) is 21.1. The Hall–Kier alpha value is -3.43. The molecule has 1 aromatic rings. The predicted octanol–water partition coefficient (Wildman–Crippen LogP) is 4.75. The van der Waals surface area contributed by atoms with Crippen LogP contribution in [0.1, 0.15) is 51.4 Å². The first-order valence-corrected chi connectivity index (χ1v) is 12.8. The van der Waals surface area contributed by atoms with E-state index in [-0.39, 0.29) is 38.7 Å². The molecule has 2 unspecified atom stereocenters. The van der Waals surface area contributed by atoms with Gasteiger partial charge in [0.15, 0.2) is 6.17 Å². The number of alkyl halides is 1. The van der Waals surface area contributed by atoms with Gasteiger partial charge >= 0.3 is 5.97 Å². The average Bonchev–Trinajstić information content (AvgIpc) is 3.34. The fraction of sp³-hybridized carbons (Fsp3) is 0.556. The van der Waals surface area contributed by atoms with Gasteiger partial charge in [-0.25, -0.2) is 4.39 Å². The van der Waals surface area contributed by atoms with Crippen molar-refractivity contribution in [3.8, 4) is 5.75 Å². The highest BCUT2D eigenvalue weighted by Crippen LogP contribution is 2.35. The van der Waals surface area contributed by atoms with Gasteiger partial charge in [-0.3, -0.25) is 9.59 Å². The van der Waals surface area contributed by atoms with E-state index in [1.807, 2.05) is 36.4 Å². The van der Waals surface area contributed by atoms with Gasteiger partial charge in [0.25, 0.3) is 5.09 Å². The molecule has 204 valence electrons. The van der Waals surface area contributed by atoms with Crippen molar-refractivity contribution in [2.75, 3.05) is 26.4 Å².